The van der Waals surface area contributed by atoms with Crippen molar-refractivity contribution in [3.63, 3.8) is 0 Å². The third-order valence-corrected chi connectivity index (χ3v) is 3.11. The van der Waals surface area contributed by atoms with Crippen molar-refractivity contribution in [2.24, 2.45) is 5.92 Å². The molecule has 24 heavy (non-hydrogen) atoms. The van der Waals surface area contributed by atoms with E-state index in [1.54, 1.807) is 30.3 Å². The van der Waals surface area contributed by atoms with E-state index in [2.05, 4.69) is 0 Å². The second kappa shape index (κ2) is 8.56. The molecule has 1 amide bonds. The fraction of sp³-hybridized carbons (Fsp3) is 0.500. The second-order valence-electron chi connectivity index (χ2n) is 5.50. The molecule has 2 unspecified atom stereocenters. The summed E-state index contributed by atoms with van der Waals surface area (Å²) >= 11 is 0. The number of esters is 1. The van der Waals surface area contributed by atoms with Gasteiger partial charge in [-0.2, -0.15) is 13.2 Å². The number of hydrogen-bond acceptors (Lipinski definition) is 4. The van der Waals surface area contributed by atoms with Crippen LogP contribution in [0.3, 0.4) is 0 Å². The number of carbonyl (C=O) groups excluding carboxylic acids is 2. The van der Waals surface area contributed by atoms with Gasteiger partial charge in [-0.1, -0.05) is 37.3 Å². The lowest BCUT2D eigenvalue weighted by Gasteiger charge is -2.25. The van der Waals surface area contributed by atoms with Gasteiger partial charge in [-0.25, -0.2) is 9.59 Å². The minimum absolute atomic E-state index is 0.126. The summed E-state index contributed by atoms with van der Waals surface area (Å²) in [7, 11) is 0. The van der Waals surface area contributed by atoms with Gasteiger partial charge < -0.3 is 14.8 Å². The zero-order chi connectivity index (χ0) is 18.3. The van der Waals surface area contributed by atoms with E-state index in [1.165, 1.54) is 13.8 Å². The molecule has 1 aromatic carbocycles. The zero-order valence-electron chi connectivity index (χ0n) is 13.6. The van der Waals surface area contributed by atoms with Crippen LogP contribution in [0.15, 0.2) is 30.3 Å². The summed E-state index contributed by atoms with van der Waals surface area (Å²) in [5, 5.41) is 1.94. The highest BCUT2D eigenvalue weighted by Crippen LogP contribution is 2.29. The van der Waals surface area contributed by atoms with E-state index in [9.17, 15) is 22.8 Å². The Bertz CT molecular complexity index is 546. The topological polar surface area (TPSA) is 64.6 Å². The standard InChI is InChI=1S/C16H20F3NO4/c1-10(2)24-14(21)13(11(3)16(17,18)19)20-15(22)23-9-12-7-5-4-6-8-12/h4-8,10-11,13H,9H2,1-3H3,(H,20,22). The average molecular weight is 347 g/mol. The monoisotopic (exact) mass is 347 g/mol. The average Bonchev–Trinajstić information content (AvgIpc) is 2.49. The van der Waals surface area contributed by atoms with Gasteiger partial charge >= 0.3 is 18.2 Å². The molecule has 8 heteroatoms. The Morgan fingerprint density at radius 2 is 1.71 bits per heavy atom. The lowest BCUT2D eigenvalue weighted by Crippen LogP contribution is -2.50. The largest absolute Gasteiger partial charge is 0.461 e. The quantitative estimate of drug-likeness (QED) is 0.801. The molecule has 0 aliphatic carbocycles. The third kappa shape index (κ3) is 6.47. The Kier molecular flexibility index (Phi) is 7.06. The van der Waals surface area contributed by atoms with Crippen molar-refractivity contribution in [2.75, 3.05) is 0 Å². The smallest absolute Gasteiger partial charge is 0.408 e. The molecule has 0 bridgehead atoms. The summed E-state index contributed by atoms with van der Waals surface area (Å²) in [6.45, 7) is 3.67. The molecular formula is C16H20F3NO4. The lowest BCUT2D eigenvalue weighted by atomic mass is 10.0. The molecule has 0 aliphatic heterocycles. The van der Waals surface area contributed by atoms with Gasteiger partial charge in [0.05, 0.1) is 12.0 Å². The van der Waals surface area contributed by atoms with Crippen LogP contribution < -0.4 is 5.32 Å². The van der Waals surface area contributed by atoms with Crippen molar-refractivity contribution in [2.45, 2.75) is 45.7 Å². The van der Waals surface area contributed by atoms with Gasteiger partial charge in [-0.15, -0.1) is 0 Å². The maximum atomic E-state index is 12.9. The summed E-state index contributed by atoms with van der Waals surface area (Å²) in [6.07, 6.45) is -6.41. The molecule has 0 saturated carbocycles. The molecule has 0 spiro atoms. The van der Waals surface area contributed by atoms with E-state index in [0.717, 1.165) is 6.92 Å². The van der Waals surface area contributed by atoms with Gasteiger partial charge in [0.25, 0.3) is 0 Å². The number of amides is 1. The summed E-state index contributed by atoms with van der Waals surface area (Å²) in [4.78, 5) is 23.6. The van der Waals surface area contributed by atoms with Crippen LogP contribution in [0.4, 0.5) is 18.0 Å². The number of hydrogen-bond donors (Lipinski definition) is 1. The summed E-state index contributed by atoms with van der Waals surface area (Å²) in [5.41, 5.74) is 0.665. The van der Waals surface area contributed by atoms with E-state index in [0.29, 0.717) is 5.56 Å². The predicted octanol–water partition coefficient (Wildman–Crippen LogP) is 3.43. The maximum Gasteiger partial charge on any atom is 0.408 e. The highest BCUT2D eigenvalue weighted by molar-refractivity contribution is 5.81. The third-order valence-electron chi connectivity index (χ3n) is 3.11. The first-order chi connectivity index (χ1) is 11.1. The molecule has 1 N–H and O–H groups in total. The van der Waals surface area contributed by atoms with Crippen LogP contribution in [-0.4, -0.2) is 30.4 Å². The van der Waals surface area contributed by atoms with E-state index >= 15 is 0 Å². The number of halogens is 3. The minimum atomic E-state index is -4.67. The van der Waals surface area contributed by atoms with Crippen molar-refractivity contribution >= 4 is 12.1 Å². The Hall–Kier alpha value is -2.25. The number of nitrogens with one attached hydrogen (secondary N) is 1. The molecular weight excluding hydrogens is 327 g/mol. The lowest BCUT2D eigenvalue weighted by molar-refractivity contribution is -0.188. The van der Waals surface area contributed by atoms with Gasteiger partial charge in [-0.05, 0) is 19.4 Å². The van der Waals surface area contributed by atoms with Crippen LogP contribution in [-0.2, 0) is 20.9 Å². The van der Waals surface area contributed by atoms with Crippen molar-refractivity contribution in [1.82, 2.24) is 5.32 Å². The molecule has 0 radical (unpaired) electrons. The van der Waals surface area contributed by atoms with E-state index < -0.39 is 36.3 Å². The van der Waals surface area contributed by atoms with E-state index in [4.69, 9.17) is 9.47 Å². The Morgan fingerprint density at radius 1 is 1.12 bits per heavy atom. The van der Waals surface area contributed by atoms with Gasteiger partial charge in [0.2, 0.25) is 0 Å². The fourth-order valence-corrected chi connectivity index (χ4v) is 1.77. The predicted molar refractivity (Wildman–Crippen MR) is 80.0 cm³/mol. The highest BCUT2D eigenvalue weighted by atomic mass is 19.4. The zero-order valence-corrected chi connectivity index (χ0v) is 13.6. The number of alkyl halides is 3. The molecule has 134 valence electrons. The molecule has 1 aromatic rings. The fourth-order valence-electron chi connectivity index (χ4n) is 1.77. The van der Waals surface area contributed by atoms with Crippen molar-refractivity contribution < 1.29 is 32.2 Å². The molecule has 0 fully saturated rings. The SMILES string of the molecule is CC(C)OC(=O)C(NC(=O)OCc1ccccc1)C(C)C(F)(F)F. The first-order valence-electron chi connectivity index (χ1n) is 7.35. The first kappa shape index (κ1) is 19.8. The first-order valence-corrected chi connectivity index (χ1v) is 7.35. The second-order valence-corrected chi connectivity index (χ2v) is 5.50. The van der Waals surface area contributed by atoms with Gasteiger partial charge in [0.1, 0.15) is 12.6 Å². The molecule has 0 saturated heterocycles. The van der Waals surface area contributed by atoms with Crippen LogP contribution in [0.25, 0.3) is 0 Å². The Balaban J connectivity index is 2.72. The summed E-state index contributed by atoms with van der Waals surface area (Å²) < 4.78 is 48.3. The number of alkyl carbamates (subject to hydrolysis) is 1. The van der Waals surface area contributed by atoms with Crippen molar-refractivity contribution in [1.29, 1.82) is 0 Å². The van der Waals surface area contributed by atoms with Gasteiger partial charge in [-0.3, -0.25) is 0 Å². The number of benzene rings is 1. The van der Waals surface area contributed by atoms with Crippen LogP contribution in [0, 0.1) is 5.92 Å². The summed E-state index contributed by atoms with van der Waals surface area (Å²) in [6, 6.07) is 6.73. The minimum Gasteiger partial charge on any atom is -0.461 e. The van der Waals surface area contributed by atoms with Crippen LogP contribution in [0.5, 0.6) is 0 Å². The molecule has 0 aromatic heterocycles. The van der Waals surface area contributed by atoms with Crippen molar-refractivity contribution in [3.8, 4) is 0 Å². The molecule has 0 heterocycles. The molecule has 5 nitrogen and oxygen atoms in total. The van der Waals surface area contributed by atoms with E-state index in [1.807, 2.05) is 5.32 Å². The Morgan fingerprint density at radius 3 is 2.21 bits per heavy atom. The maximum absolute atomic E-state index is 12.9. The summed E-state index contributed by atoms with van der Waals surface area (Å²) in [5.74, 6) is -3.28. The molecule has 2 atom stereocenters. The van der Waals surface area contributed by atoms with Crippen LogP contribution >= 0.6 is 0 Å². The van der Waals surface area contributed by atoms with Crippen LogP contribution in [0.1, 0.15) is 26.3 Å². The number of rotatable bonds is 6. The van der Waals surface area contributed by atoms with Gasteiger partial charge in [0.15, 0.2) is 0 Å². The van der Waals surface area contributed by atoms with Gasteiger partial charge in [0, 0.05) is 0 Å². The van der Waals surface area contributed by atoms with Crippen molar-refractivity contribution in [3.05, 3.63) is 35.9 Å². The number of ether oxygens (including phenoxy) is 2. The Labute approximate surface area is 138 Å². The highest BCUT2D eigenvalue weighted by Gasteiger charge is 2.46. The molecule has 1 rings (SSSR count). The normalized spacial score (nSPS) is 14.0. The van der Waals surface area contributed by atoms with E-state index in [-0.39, 0.29) is 6.61 Å². The van der Waals surface area contributed by atoms with Crippen LogP contribution in [0.2, 0.25) is 0 Å². The molecule has 0 aliphatic rings. The number of carbonyl (C=O) groups is 2.